The van der Waals surface area contributed by atoms with Gasteiger partial charge in [-0.1, -0.05) is 24.6 Å². The molecule has 3 aromatic rings. The lowest BCUT2D eigenvalue weighted by atomic mass is 10.2. The molecule has 3 unspecified atom stereocenters. The third-order valence-electron chi connectivity index (χ3n) is 4.96. The van der Waals surface area contributed by atoms with Gasteiger partial charge in [0, 0.05) is 16.8 Å². The van der Waals surface area contributed by atoms with Crippen molar-refractivity contribution in [2.75, 3.05) is 17.2 Å². The number of hydrogen-bond donors (Lipinski definition) is 5. The molecule has 2 heterocycles. The number of benzene rings is 1. The third-order valence-corrected chi connectivity index (χ3v) is 7.96. The zero-order valence-electron chi connectivity index (χ0n) is 18.7. The maximum absolute atomic E-state index is 11.5. The van der Waals surface area contributed by atoms with Crippen LogP contribution in [0.5, 0.6) is 0 Å². The number of anilines is 3. The molecule has 5 N–H and O–H groups in total. The van der Waals surface area contributed by atoms with Crippen molar-refractivity contribution >= 4 is 56.3 Å². The van der Waals surface area contributed by atoms with Crippen molar-refractivity contribution in [3.05, 3.63) is 35.6 Å². The van der Waals surface area contributed by atoms with Gasteiger partial charge in [-0.05, 0) is 38.5 Å². The monoisotopic (exact) mass is 532 g/mol. The molecule has 0 aliphatic carbocycles. The van der Waals surface area contributed by atoms with Crippen molar-refractivity contribution in [2.24, 2.45) is 0 Å². The third kappa shape index (κ3) is 5.95. The summed E-state index contributed by atoms with van der Waals surface area (Å²) in [7, 11) is -7.48. The van der Waals surface area contributed by atoms with Gasteiger partial charge in [-0.2, -0.15) is 9.97 Å². The van der Waals surface area contributed by atoms with Crippen molar-refractivity contribution < 1.29 is 28.8 Å². The van der Waals surface area contributed by atoms with Crippen LogP contribution in [0, 0.1) is 0 Å². The van der Waals surface area contributed by atoms with Crippen LogP contribution in [-0.4, -0.2) is 52.3 Å². The first-order valence-electron chi connectivity index (χ1n) is 10.4. The first-order chi connectivity index (χ1) is 16.0. The topological polar surface area (TPSA) is 172 Å². The number of hydrogen-bond acceptors (Lipinski definition) is 9. The first-order valence-corrected chi connectivity index (χ1v) is 13.4. The molecule has 0 amide bonds. The minimum absolute atomic E-state index is 0.0652. The summed E-state index contributed by atoms with van der Waals surface area (Å²) in [4.78, 5) is 32.1. The average Bonchev–Trinajstić information content (AvgIpc) is 3.20. The van der Waals surface area contributed by atoms with E-state index in [1.807, 2.05) is 24.5 Å². The van der Waals surface area contributed by atoms with Crippen LogP contribution < -0.4 is 10.6 Å². The number of nitrogens with one attached hydrogen (secondary N) is 2. The Bertz CT molecular complexity index is 1220. The Morgan fingerprint density at radius 2 is 2.06 bits per heavy atom. The van der Waals surface area contributed by atoms with Crippen LogP contribution in [0.1, 0.15) is 33.2 Å². The number of aliphatic hydroxyl groups is 1. The zero-order valence-corrected chi connectivity index (χ0v) is 21.5. The van der Waals surface area contributed by atoms with E-state index in [9.17, 15) is 24.0 Å². The van der Waals surface area contributed by atoms with Crippen LogP contribution in [-0.2, 0) is 13.9 Å². The van der Waals surface area contributed by atoms with E-state index in [0.29, 0.717) is 34.1 Å². The van der Waals surface area contributed by atoms with Gasteiger partial charge < -0.3 is 39.4 Å². The quantitative estimate of drug-likeness (QED) is 0.180. The number of halogens is 1. The lowest BCUT2D eigenvalue weighted by Gasteiger charge is -2.26. The zero-order chi connectivity index (χ0) is 25.1. The van der Waals surface area contributed by atoms with Crippen molar-refractivity contribution in [1.29, 1.82) is 0 Å². The number of imidazole rings is 1. The molecule has 0 aliphatic rings. The van der Waals surface area contributed by atoms with E-state index in [0.717, 1.165) is 0 Å². The Morgan fingerprint density at radius 1 is 1.32 bits per heavy atom. The molecule has 0 bridgehead atoms. The smallest absolute Gasteiger partial charge is 0.351 e. The Balaban J connectivity index is 1.93. The second kappa shape index (κ2) is 10.7. The van der Waals surface area contributed by atoms with Crippen LogP contribution in [0.25, 0.3) is 11.2 Å². The standard InChI is InChI=1S/C19H27ClN6O6P2/c1-4-13(9-32-19(27,33-28)34(29,30)31)23-18-24-16(22-14-7-5-6-12(20)8-14)15-17(25-18)26(10-21-15)11(2)3/h5-8,10-11,13,27H,4,9,33H2,1-3H3,(H2,29,30,31)(H2,22,23,24,25). The molecule has 1 aromatic carbocycles. The molecule has 186 valence electrons. The fraction of sp³-hybridized carbons (Fsp3) is 0.421. The van der Waals surface area contributed by atoms with Crippen LogP contribution in [0.4, 0.5) is 17.5 Å². The molecular weight excluding hydrogens is 506 g/mol. The molecule has 0 saturated heterocycles. The molecule has 34 heavy (non-hydrogen) atoms. The molecule has 0 spiro atoms. The summed E-state index contributed by atoms with van der Waals surface area (Å²) in [6.07, 6.45) is 2.09. The highest BCUT2D eigenvalue weighted by Crippen LogP contribution is 2.55. The predicted octanol–water partition coefficient (Wildman–Crippen LogP) is 3.55. The first kappa shape index (κ1) is 26.6. The van der Waals surface area contributed by atoms with E-state index >= 15 is 0 Å². The maximum atomic E-state index is 11.5. The van der Waals surface area contributed by atoms with E-state index in [4.69, 9.17) is 16.3 Å². The summed E-state index contributed by atoms with van der Waals surface area (Å²) in [6.45, 7) is 5.41. The Hall–Kier alpha value is -2.04. The summed E-state index contributed by atoms with van der Waals surface area (Å²) in [5.41, 5.74) is 1.79. The minimum Gasteiger partial charge on any atom is -0.351 e. The van der Waals surface area contributed by atoms with Crippen LogP contribution in [0.15, 0.2) is 30.6 Å². The summed E-state index contributed by atoms with van der Waals surface area (Å²) in [5, 5.41) is 13.7. The Kier molecular flexibility index (Phi) is 8.36. The van der Waals surface area contributed by atoms with E-state index in [1.54, 1.807) is 31.5 Å². The number of aromatic nitrogens is 4. The number of ether oxygens (including phenoxy) is 1. The highest BCUT2D eigenvalue weighted by molar-refractivity contribution is 7.62. The minimum atomic E-state index is -5.16. The van der Waals surface area contributed by atoms with E-state index < -0.39 is 27.4 Å². The number of fused-ring (bicyclic) bond motifs is 1. The van der Waals surface area contributed by atoms with Crippen molar-refractivity contribution in [2.45, 2.75) is 44.5 Å². The Labute approximate surface area is 202 Å². The highest BCUT2D eigenvalue weighted by atomic mass is 35.5. The summed E-state index contributed by atoms with van der Waals surface area (Å²) in [5.74, 6) is 0.615. The molecule has 0 aliphatic heterocycles. The van der Waals surface area contributed by atoms with Gasteiger partial charge >= 0.3 is 12.9 Å². The van der Waals surface area contributed by atoms with E-state index in [2.05, 4.69) is 25.6 Å². The molecule has 0 fully saturated rings. The average molecular weight is 533 g/mol. The molecule has 12 nitrogen and oxygen atoms in total. The van der Waals surface area contributed by atoms with Crippen LogP contribution in [0.2, 0.25) is 5.02 Å². The second-order valence-corrected chi connectivity index (χ2v) is 11.5. The Morgan fingerprint density at radius 3 is 2.65 bits per heavy atom. The SMILES string of the molecule is CCC(COC(O)([PH2]=O)P(=O)(O)O)Nc1nc(Nc2cccc(Cl)c2)c2ncn(C(C)C)c2n1. The van der Waals surface area contributed by atoms with E-state index in [-0.39, 0.29) is 18.6 Å². The van der Waals surface area contributed by atoms with Crippen molar-refractivity contribution in [1.82, 2.24) is 19.5 Å². The van der Waals surface area contributed by atoms with Gasteiger partial charge in [0.1, 0.15) is 8.46 Å². The lowest BCUT2D eigenvalue weighted by Crippen LogP contribution is -2.33. The highest BCUT2D eigenvalue weighted by Gasteiger charge is 2.46. The fourth-order valence-corrected chi connectivity index (χ4v) is 4.15. The normalized spacial score (nSPS) is 15.2. The number of nitrogens with zero attached hydrogens (tertiary/aromatic N) is 4. The van der Waals surface area contributed by atoms with Gasteiger partial charge in [0.15, 0.2) is 17.0 Å². The molecule has 2 aromatic heterocycles. The van der Waals surface area contributed by atoms with Gasteiger partial charge in [0.2, 0.25) is 5.95 Å². The predicted molar refractivity (Wildman–Crippen MR) is 131 cm³/mol. The summed E-state index contributed by atoms with van der Waals surface area (Å²) < 4.78 is 29.6. The van der Waals surface area contributed by atoms with Crippen LogP contribution >= 0.6 is 27.7 Å². The lowest BCUT2D eigenvalue weighted by molar-refractivity contribution is -0.0904. The van der Waals surface area contributed by atoms with Gasteiger partial charge in [-0.15, -0.1) is 0 Å². The molecule has 3 rings (SSSR count). The fourth-order valence-electron chi connectivity index (χ4n) is 3.00. The summed E-state index contributed by atoms with van der Waals surface area (Å²) >= 11 is 6.09. The van der Waals surface area contributed by atoms with Crippen molar-refractivity contribution in [3.8, 4) is 0 Å². The molecule has 15 heteroatoms. The number of rotatable bonds is 11. The molecular formula is C19H27ClN6O6P2. The molecule has 3 atom stereocenters. The molecule has 0 radical (unpaired) electrons. The van der Waals surface area contributed by atoms with Gasteiger partial charge in [-0.3, -0.25) is 4.57 Å². The van der Waals surface area contributed by atoms with Crippen LogP contribution in [0.3, 0.4) is 0 Å². The summed E-state index contributed by atoms with van der Waals surface area (Å²) in [6, 6.07) is 6.60. The second-order valence-electron chi connectivity index (χ2n) is 7.83. The molecule has 0 saturated carbocycles. The van der Waals surface area contributed by atoms with Gasteiger partial charge in [0.25, 0.3) is 0 Å². The van der Waals surface area contributed by atoms with Gasteiger partial charge in [-0.25, -0.2) is 4.98 Å². The van der Waals surface area contributed by atoms with Crippen molar-refractivity contribution in [3.63, 3.8) is 0 Å². The maximum Gasteiger partial charge on any atom is 0.391 e. The largest absolute Gasteiger partial charge is 0.391 e. The van der Waals surface area contributed by atoms with Gasteiger partial charge in [0.05, 0.1) is 19.0 Å². The van der Waals surface area contributed by atoms with E-state index in [1.165, 1.54) is 0 Å².